The van der Waals surface area contributed by atoms with Gasteiger partial charge in [-0.3, -0.25) is 9.78 Å². The fraction of sp³-hybridized carbons (Fsp3) is 0.125. The number of nitrogens with one attached hydrogen (secondary N) is 3. The number of ether oxygens (including phenoxy) is 1. The molecule has 0 spiro atoms. The zero-order chi connectivity index (χ0) is 26.4. The standard InChI is InChI=1S/C24H20F3N7O3/c1-28-22(35)20-11-18(8-9-30-20)37-17-5-2-15(3-6-17)12-31-23(36)33-19-10-16(24(25,26)27)4-7-21(19)34-14-29-13-32-34/h2-11,13-14H,12H2,1H3,(H,28,35)(H2,31,33,36). The van der Waals surface area contributed by atoms with Crippen molar-refractivity contribution in [3.05, 3.63) is 90.3 Å². The molecule has 0 saturated carbocycles. The number of alkyl halides is 3. The van der Waals surface area contributed by atoms with Crippen molar-refractivity contribution in [3.63, 3.8) is 0 Å². The molecule has 3 N–H and O–H groups in total. The van der Waals surface area contributed by atoms with Crippen LogP contribution in [0.4, 0.5) is 23.7 Å². The van der Waals surface area contributed by atoms with Gasteiger partial charge in [-0.25, -0.2) is 14.5 Å². The molecule has 4 aromatic rings. The van der Waals surface area contributed by atoms with Gasteiger partial charge in [0, 0.05) is 25.9 Å². The van der Waals surface area contributed by atoms with Crippen LogP contribution >= 0.6 is 0 Å². The average molecular weight is 511 g/mol. The van der Waals surface area contributed by atoms with E-state index in [0.29, 0.717) is 17.1 Å². The molecule has 0 bridgehead atoms. The summed E-state index contributed by atoms with van der Waals surface area (Å²) in [5.74, 6) is 0.565. The van der Waals surface area contributed by atoms with Crippen molar-refractivity contribution in [1.29, 1.82) is 0 Å². The van der Waals surface area contributed by atoms with E-state index in [-0.39, 0.29) is 29.5 Å². The number of nitrogens with zero attached hydrogens (tertiary/aromatic N) is 4. The Balaban J connectivity index is 1.39. The Kier molecular flexibility index (Phi) is 7.32. The number of anilines is 1. The molecule has 13 heteroatoms. The van der Waals surface area contributed by atoms with Crippen molar-refractivity contribution in [3.8, 4) is 17.2 Å². The Labute approximate surface area is 208 Å². The summed E-state index contributed by atoms with van der Waals surface area (Å²) >= 11 is 0. The summed E-state index contributed by atoms with van der Waals surface area (Å²) in [4.78, 5) is 32.0. The van der Waals surface area contributed by atoms with Gasteiger partial charge in [-0.15, -0.1) is 0 Å². The number of amides is 3. The van der Waals surface area contributed by atoms with E-state index < -0.39 is 17.8 Å². The molecule has 0 radical (unpaired) electrons. The topological polar surface area (TPSA) is 123 Å². The van der Waals surface area contributed by atoms with Crippen LogP contribution in [0.5, 0.6) is 11.5 Å². The molecule has 37 heavy (non-hydrogen) atoms. The van der Waals surface area contributed by atoms with Crippen molar-refractivity contribution < 1.29 is 27.5 Å². The van der Waals surface area contributed by atoms with E-state index >= 15 is 0 Å². The number of hydrogen-bond donors (Lipinski definition) is 3. The van der Waals surface area contributed by atoms with Crippen molar-refractivity contribution in [2.45, 2.75) is 12.7 Å². The third-order valence-electron chi connectivity index (χ3n) is 5.04. The van der Waals surface area contributed by atoms with Crippen molar-refractivity contribution in [2.24, 2.45) is 0 Å². The first kappa shape index (κ1) is 25.2. The van der Waals surface area contributed by atoms with Crippen LogP contribution in [-0.2, 0) is 12.7 Å². The predicted octanol–water partition coefficient (Wildman–Crippen LogP) is 4.15. The summed E-state index contributed by atoms with van der Waals surface area (Å²) in [6, 6.07) is 12.1. The molecule has 4 rings (SSSR count). The lowest BCUT2D eigenvalue weighted by Crippen LogP contribution is -2.29. The monoisotopic (exact) mass is 511 g/mol. The minimum Gasteiger partial charge on any atom is -0.457 e. The largest absolute Gasteiger partial charge is 0.457 e. The second-order valence-electron chi connectivity index (χ2n) is 7.58. The molecule has 0 aliphatic carbocycles. The van der Waals surface area contributed by atoms with Crippen LogP contribution < -0.4 is 20.7 Å². The van der Waals surface area contributed by atoms with Crippen LogP contribution in [0.2, 0.25) is 0 Å². The van der Waals surface area contributed by atoms with Crippen LogP contribution in [0, 0.1) is 0 Å². The number of pyridine rings is 1. The number of halogens is 3. The first-order valence-electron chi connectivity index (χ1n) is 10.8. The van der Waals surface area contributed by atoms with E-state index in [9.17, 15) is 22.8 Å². The second kappa shape index (κ2) is 10.8. The number of hydrogen-bond acceptors (Lipinski definition) is 6. The zero-order valence-corrected chi connectivity index (χ0v) is 19.3. The van der Waals surface area contributed by atoms with Gasteiger partial charge in [0.1, 0.15) is 29.8 Å². The quantitative estimate of drug-likeness (QED) is 0.343. The third kappa shape index (κ3) is 6.39. The van der Waals surface area contributed by atoms with Crippen LogP contribution in [-0.4, -0.2) is 38.7 Å². The van der Waals surface area contributed by atoms with Crippen LogP contribution in [0.25, 0.3) is 5.69 Å². The molecule has 0 aliphatic heterocycles. The van der Waals surface area contributed by atoms with Crippen molar-refractivity contribution in [1.82, 2.24) is 30.4 Å². The number of benzene rings is 2. The number of carbonyl (C=O) groups excluding carboxylic acids is 2. The zero-order valence-electron chi connectivity index (χ0n) is 19.3. The molecule has 190 valence electrons. The minimum atomic E-state index is -4.59. The molecule has 0 unspecified atom stereocenters. The molecule has 2 aromatic heterocycles. The van der Waals surface area contributed by atoms with E-state index in [1.165, 1.54) is 42.7 Å². The van der Waals surface area contributed by atoms with Crippen LogP contribution in [0.1, 0.15) is 21.6 Å². The SMILES string of the molecule is CNC(=O)c1cc(Oc2ccc(CNC(=O)Nc3cc(C(F)(F)F)ccc3-n3cncn3)cc2)ccn1. The summed E-state index contributed by atoms with van der Waals surface area (Å²) in [6.07, 6.45) is -0.599. The summed E-state index contributed by atoms with van der Waals surface area (Å²) in [6.45, 7) is 0.0970. The Morgan fingerprint density at radius 3 is 2.49 bits per heavy atom. The highest BCUT2D eigenvalue weighted by molar-refractivity contribution is 5.92. The molecular weight excluding hydrogens is 491 g/mol. The Hall–Kier alpha value is -4.94. The maximum Gasteiger partial charge on any atom is 0.416 e. The van der Waals surface area contributed by atoms with E-state index in [2.05, 4.69) is 31.0 Å². The van der Waals surface area contributed by atoms with E-state index in [4.69, 9.17) is 4.74 Å². The van der Waals surface area contributed by atoms with Crippen LogP contribution in [0.3, 0.4) is 0 Å². The smallest absolute Gasteiger partial charge is 0.416 e. The number of carbonyl (C=O) groups is 2. The van der Waals surface area contributed by atoms with Gasteiger partial charge in [-0.05, 0) is 42.0 Å². The van der Waals surface area contributed by atoms with Gasteiger partial charge in [0.25, 0.3) is 5.91 Å². The highest BCUT2D eigenvalue weighted by Crippen LogP contribution is 2.33. The average Bonchev–Trinajstić information content (AvgIpc) is 3.42. The van der Waals surface area contributed by atoms with E-state index in [1.54, 1.807) is 30.3 Å². The number of rotatable bonds is 7. The molecule has 3 amide bonds. The maximum atomic E-state index is 13.2. The van der Waals surface area contributed by atoms with Gasteiger partial charge in [0.15, 0.2) is 0 Å². The van der Waals surface area contributed by atoms with Crippen LogP contribution in [0.15, 0.2) is 73.4 Å². The normalized spacial score (nSPS) is 11.0. The Morgan fingerprint density at radius 2 is 1.81 bits per heavy atom. The van der Waals surface area contributed by atoms with E-state index in [0.717, 1.165) is 12.1 Å². The Morgan fingerprint density at radius 1 is 1.03 bits per heavy atom. The fourth-order valence-electron chi connectivity index (χ4n) is 3.23. The highest BCUT2D eigenvalue weighted by Gasteiger charge is 2.31. The number of aromatic nitrogens is 4. The number of urea groups is 1. The lowest BCUT2D eigenvalue weighted by molar-refractivity contribution is -0.137. The van der Waals surface area contributed by atoms with Gasteiger partial charge in [-0.1, -0.05) is 12.1 Å². The van der Waals surface area contributed by atoms with Gasteiger partial charge in [0.2, 0.25) is 0 Å². The molecule has 2 heterocycles. The molecule has 2 aromatic carbocycles. The van der Waals surface area contributed by atoms with E-state index in [1.807, 2.05) is 0 Å². The highest BCUT2D eigenvalue weighted by atomic mass is 19.4. The van der Waals surface area contributed by atoms with Gasteiger partial charge < -0.3 is 20.7 Å². The lowest BCUT2D eigenvalue weighted by atomic mass is 10.1. The van der Waals surface area contributed by atoms with Crippen molar-refractivity contribution in [2.75, 3.05) is 12.4 Å². The maximum absolute atomic E-state index is 13.2. The molecule has 0 saturated heterocycles. The van der Waals surface area contributed by atoms with Gasteiger partial charge in [0.05, 0.1) is 16.9 Å². The Bertz CT molecular complexity index is 1390. The van der Waals surface area contributed by atoms with Gasteiger partial charge >= 0.3 is 12.2 Å². The summed E-state index contributed by atoms with van der Waals surface area (Å²) in [5.41, 5.74) is 0.134. The van der Waals surface area contributed by atoms with Gasteiger partial charge in [-0.2, -0.15) is 18.3 Å². The second-order valence-corrected chi connectivity index (χ2v) is 7.58. The fourth-order valence-corrected chi connectivity index (χ4v) is 3.23. The predicted molar refractivity (Wildman–Crippen MR) is 126 cm³/mol. The molecule has 0 atom stereocenters. The molecule has 0 aliphatic rings. The summed E-state index contributed by atoms with van der Waals surface area (Å²) in [5, 5.41) is 11.4. The summed E-state index contributed by atoms with van der Waals surface area (Å²) in [7, 11) is 1.50. The first-order chi connectivity index (χ1) is 17.7. The molecule has 0 fully saturated rings. The molecular formula is C24H20F3N7O3. The lowest BCUT2D eigenvalue weighted by Gasteiger charge is -2.15. The minimum absolute atomic E-state index is 0.0879. The third-order valence-corrected chi connectivity index (χ3v) is 5.04. The summed E-state index contributed by atoms with van der Waals surface area (Å²) < 4.78 is 46.6. The first-order valence-corrected chi connectivity index (χ1v) is 10.8. The van der Waals surface area contributed by atoms with Crippen molar-refractivity contribution >= 4 is 17.6 Å². The molecule has 10 nitrogen and oxygen atoms in total.